The predicted octanol–water partition coefficient (Wildman–Crippen LogP) is 4.43. The van der Waals surface area contributed by atoms with E-state index in [-0.39, 0.29) is 17.3 Å². The fraction of sp³-hybridized carbons (Fsp3) is 0.238. The maximum absolute atomic E-state index is 14.7. The molecule has 0 aliphatic carbocycles. The Morgan fingerprint density at radius 2 is 2.03 bits per heavy atom. The third-order valence-electron chi connectivity index (χ3n) is 4.83. The highest BCUT2D eigenvalue weighted by molar-refractivity contribution is 7.99. The molecule has 0 radical (unpaired) electrons. The monoisotopic (exact) mass is 440 g/mol. The van der Waals surface area contributed by atoms with Crippen LogP contribution in [-0.4, -0.2) is 39.5 Å². The highest BCUT2D eigenvalue weighted by atomic mass is 32.2. The van der Waals surface area contributed by atoms with Crippen molar-refractivity contribution in [3.05, 3.63) is 76.4 Å². The molecule has 160 valence electrons. The van der Waals surface area contributed by atoms with Gasteiger partial charge < -0.3 is 15.5 Å². The number of aromatic nitrogens is 2. The van der Waals surface area contributed by atoms with Gasteiger partial charge in [0, 0.05) is 55.3 Å². The summed E-state index contributed by atoms with van der Waals surface area (Å²) < 4.78 is 14.7. The van der Waals surface area contributed by atoms with Gasteiger partial charge in [-0.05, 0) is 35.9 Å². The minimum Gasteiger partial charge on any atom is -0.368 e. The lowest BCUT2D eigenvalue weighted by Crippen LogP contribution is -2.33. The number of hydrogen-bond donors (Lipinski definition) is 2. The topological polar surface area (TPSA) is 96.2 Å². The number of halogens is 1. The molecule has 2 N–H and O–H groups in total. The predicted molar refractivity (Wildman–Crippen MR) is 122 cm³/mol. The summed E-state index contributed by atoms with van der Waals surface area (Å²) in [6.45, 7) is 2.06. The summed E-state index contributed by atoms with van der Waals surface area (Å²) in [5, 5.41) is 17.5. The Hall–Kier alpha value is -3.40. The van der Waals surface area contributed by atoms with Gasteiger partial charge in [-0.25, -0.2) is 9.37 Å². The summed E-state index contributed by atoms with van der Waals surface area (Å²) in [5.41, 5.74) is 1.70. The molecule has 1 fully saturated rings. The zero-order chi connectivity index (χ0) is 21.6. The van der Waals surface area contributed by atoms with E-state index in [1.165, 1.54) is 18.2 Å². The van der Waals surface area contributed by atoms with Crippen molar-refractivity contribution in [2.75, 3.05) is 40.1 Å². The second-order valence-corrected chi connectivity index (χ2v) is 8.15. The van der Waals surface area contributed by atoms with E-state index in [0.717, 1.165) is 30.2 Å². The third-order valence-corrected chi connectivity index (χ3v) is 5.77. The molecule has 0 atom stereocenters. The van der Waals surface area contributed by atoms with Gasteiger partial charge in [0.05, 0.1) is 10.6 Å². The molecule has 31 heavy (non-hydrogen) atoms. The lowest BCUT2D eigenvalue weighted by molar-refractivity contribution is -0.384. The van der Waals surface area contributed by atoms with E-state index in [9.17, 15) is 14.5 Å². The Labute approximate surface area is 183 Å². The highest BCUT2D eigenvalue weighted by Crippen LogP contribution is 2.30. The van der Waals surface area contributed by atoms with Crippen molar-refractivity contribution >= 4 is 40.5 Å². The van der Waals surface area contributed by atoms with Gasteiger partial charge in [0.15, 0.2) is 0 Å². The van der Waals surface area contributed by atoms with E-state index in [2.05, 4.69) is 20.6 Å². The normalized spacial score (nSPS) is 13.6. The summed E-state index contributed by atoms with van der Waals surface area (Å²) in [6.07, 6.45) is 3.41. The van der Waals surface area contributed by atoms with Gasteiger partial charge in [0.1, 0.15) is 11.6 Å². The van der Waals surface area contributed by atoms with Crippen LogP contribution in [0.15, 0.2) is 54.9 Å². The van der Waals surface area contributed by atoms with Gasteiger partial charge >= 0.3 is 5.69 Å². The van der Waals surface area contributed by atoms with Crippen molar-refractivity contribution in [3.8, 4) is 0 Å². The minimum atomic E-state index is -0.518. The molecule has 2 aromatic heterocycles. The molecule has 8 nitrogen and oxygen atoms in total. The number of nitro groups is 1. The van der Waals surface area contributed by atoms with Crippen LogP contribution in [0.2, 0.25) is 0 Å². The smallest absolute Gasteiger partial charge is 0.311 e. The minimum absolute atomic E-state index is 0.0442. The number of anilines is 4. The second kappa shape index (κ2) is 9.61. The maximum Gasteiger partial charge on any atom is 0.311 e. The SMILES string of the molecule is O=[N+]([O-])c1ccc(NCc2cccnc2)nc1Nc1ccc(N2CCSCC2)c(F)c1. The van der Waals surface area contributed by atoms with Crippen molar-refractivity contribution in [1.82, 2.24) is 9.97 Å². The van der Waals surface area contributed by atoms with E-state index in [4.69, 9.17) is 0 Å². The Morgan fingerprint density at radius 1 is 1.19 bits per heavy atom. The summed E-state index contributed by atoms with van der Waals surface area (Å²) >= 11 is 1.85. The lowest BCUT2D eigenvalue weighted by Gasteiger charge is -2.28. The molecule has 0 amide bonds. The Kier molecular flexibility index (Phi) is 6.46. The molecule has 0 bridgehead atoms. The van der Waals surface area contributed by atoms with Crippen LogP contribution in [-0.2, 0) is 6.54 Å². The molecule has 1 saturated heterocycles. The molecule has 0 saturated carbocycles. The average molecular weight is 441 g/mol. The molecular weight excluding hydrogens is 419 g/mol. The number of benzene rings is 1. The lowest BCUT2D eigenvalue weighted by atomic mass is 10.2. The molecule has 3 heterocycles. The van der Waals surface area contributed by atoms with E-state index >= 15 is 0 Å². The van der Waals surface area contributed by atoms with Gasteiger partial charge in [-0.3, -0.25) is 15.1 Å². The van der Waals surface area contributed by atoms with E-state index < -0.39 is 4.92 Å². The fourth-order valence-electron chi connectivity index (χ4n) is 3.27. The number of thioether (sulfide) groups is 1. The van der Waals surface area contributed by atoms with Crippen LogP contribution < -0.4 is 15.5 Å². The van der Waals surface area contributed by atoms with Crippen molar-refractivity contribution < 1.29 is 9.31 Å². The third kappa shape index (κ3) is 5.21. The zero-order valence-corrected chi connectivity index (χ0v) is 17.4. The van der Waals surface area contributed by atoms with Crippen LogP contribution in [0, 0.1) is 15.9 Å². The van der Waals surface area contributed by atoms with Gasteiger partial charge in [0.2, 0.25) is 5.82 Å². The Bertz CT molecular complexity index is 1060. The highest BCUT2D eigenvalue weighted by Gasteiger charge is 2.19. The first-order valence-corrected chi connectivity index (χ1v) is 10.9. The zero-order valence-electron chi connectivity index (χ0n) is 16.6. The molecule has 1 aliphatic heterocycles. The van der Waals surface area contributed by atoms with Crippen molar-refractivity contribution in [1.29, 1.82) is 0 Å². The molecule has 4 rings (SSSR count). The van der Waals surface area contributed by atoms with Crippen LogP contribution >= 0.6 is 11.8 Å². The van der Waals surface area contributed by atoms with Crippen LogP contribution in [0.5, 0.6) is 0 Å². The van der Waals surface area contributed by atoms with E-state index in [1.807, 2.05) is 28.8 Å². The molecule has 3 aromatic rings. The van der Waals surface area contributed by atoms with Crippen molar-refractivity contribution in [2.24, 2.45) is 0 Å². The first kappa shape index (κ1) is 20.9. The Balaban J connectivity index is 1.53. The quantitative estimate of drug-likeness (QED) is 0.411. The Morgan fingerprint density at radius 3 is 2.74 bits per heavy atom. The van der Waals surface area contributed by atoms with Gasteiger partial charge in [0.25, 0.3) is 0 Å². The second-order valence-electron chi connectivity index (χ2n) is 6.93. The van der Waals surface area contributed by atoms with Gasteiger partial charge in [-0.2, -0.15) is 11.8 Å². The largest absolute Gasteiger partial charge is 0.368 e. The number of nitrogens with one attached hydrogen (secondary N) is 2. The first-order valence-electron chi connectivity index (χ1n) is 9.77. The van der Waals surface area contributed by atoms with Crippen molar-refractivity contribution in [3.63, 3.8) is 0 Å². The van der Waals surface area contributed by atoms with Gasteiger partial charge in [-0.1, -0.05) is 6.07 Å². The number of pyridine rings is 2. The first-order chi connectivity index (χ1) is 15.1. The number of rotatable bonds is 7. The molecule has 0 unspecified atom stereocenters. The van der Waals surface area contributed by atoms with Crippen LogP contribution in [0.1, 0.15) is 5.56 Å². The summed E-state index contributed by atoms with van der Waals surface area (Å²) in [5.74, 6) is 2.07. The molecular formula is C21H21FN6O2S. The maximum atomic E-state index is 14.7. The fourth-order valence-corrected chi connectivity index (χ4v) is 4.17. The van der Waals surface area contributed by atoms with E-state index in [1.54, 1.807) is 24.5 Å². The van der Waals surface area contributed by atoms with Crippen LogP contribution in [0.3, 0.4) is 0 Å². The van der Waals surface area contributed by atoms with Crippen LogP contribution in [0.4, 0.5) is 33.1 Å². The molecule has 1 aromatic carbocycles. The van der Waals surface area contributed by atoms with Crippen LogP contribution in [0.25, 0.3) is 0 Å². The number of hydrogen-bond acceptors (Lipinski definition) is 8. The molecule has 0 spiro atoms. The van der Waals surface area contributed by atoms with Crippen molar-refractivity contribution in [2.45, 2.75) is 6.54 Å². The number of nitrogens with zero attached hydrogens (tertiary/aromatic N) is 4. The summed E-state index contributed by atoms with van der Waals surface area (Å²) in [4.78, 5) is 21.3. The van der Waals surface area contributed by atoms with E-state index in [0.29, 0.717) is 23.7 Å². The van der Waals surface area contributed by atoms with Gasteiger partial charge in [-0.15, -0.1) is 0 Å². The standard InChI is InChI=1S/C21H21FN6O2S/c22-17-12-16(3-4-18(17)27-8-10-31-11-9-27)25-21-19(28(29)30)5-6-20(26-21)24-14-15-2-1-7-23-13-15/h1-7,12-13H,8-11,14H2,(H2,24,25,26). The average Bonchev–Trinajstić information content (AvgIpc) is 2.79. The molecule has 10 heteroatoms. The summed E-state index contributed by atoms with van der Waals surface area (Å²) in [7, 11) is 0. The summed E-state index contributed by atoms with van der Waals surface area (Å²) in [6, 6.07) is 11.4. The molecule has 1 aliphatic rings.